The molecule has 0 unspecified atom stereocenters. The Kier molecular flexibility index (Phi) is 3.92. The lowest BCUT2D eigenvalue weighted by atomic mass is 10.2. The predicted molar refractivity (Wildman–Crippen MR) is 97.4 cm³/mol. The van der Waals surface area contributed by atoms with Crippen molar-refractivity contribution in [3.05, 3.63) is 89.0 Å². The summed E-state index contributed by atoms with van der Waals surface area (Å²) < 4.78 is 4.65. The molecule has 0 aliphatic heterocycles. The normalized spacial score (nSPS) is 11.0. The molecule has 2 heterocycles. The minimum Gasteiger partial charge on any atom is -0.318 e. The summed E-state index contributed by atoms with van der Waals surface area (Å²) in [5, 5.41) is 5.39. The third-order valence-corrected chi connectivity index (χ3v) is 4.45. The third kappa shape index (κ3) is 2.86. The van der Waals surface area contributed by atoms with Crippen molar-refractivity contribution in [1.82, 2.24) is 19.3 Å². The van der Waals surface area contributed by atoms with Crippen molar-refractivity contribution in [3.8, 4) is 0 Å². The highest BCUT2D eigenvalue weighted by Crippen LogP contribution is 2.15. The van der Waals surface area contributed by atoms with Gasteiger partial charge in [0.15, 0.2) is 5.65 Å². The van der Waals surface area contributed by atoms with E-state index in [1.165, 1.54) is 11.1 Å². The average Bonchev–Trinajstić information content (AvgIpc) is 3.03. The summed E-state index contributed by atoms with van der Waals surface area (Å²) in [4.78, 5) is 4.59. The van der Waals surface area contributed by atoms with Crippen LogP contribution in [-0.4, -0.2) is 19.3 Å². The SMILES string of the molecule is S=c1c2cnn(Cc3ccccc3)c2ncn1Cc1ccccc1. The molecule has 2 aromatic carbocycles. The van der Waals surface area contributed by atoms with E-state index >= 15 is 0 Å². The summed E-state index contributed by atoms with van der Waals surface area (Å²) in [6.07, 6.45) is 3.62. The monoisotopic (exact) mass is 332 g/mol. The molecule has 0 spiro atoms. The molecule has 4 rings (SSSR count). The van der Waals surface area contributed by atoms with Gasteiger partial charge in [-0.3, -0.25) is 0 Å². The van der Waals surface area contributed by atoms with E-state index in [0.717, 1.165) is 15.7 Å². The van der Waals surface area contributed by atoms with Crippen LogP contribution in [0.2, 0.25) is 0 Å². The van der Waals surface area contributed by atoms with Crippen molar-refractivity contribution in [1.29, 1.82) is 0 Å². The number of fused-ring (bicyclic) bond motifs is 1. The predicted octanol–water partition coefficient (Wildman–Crippen LogP) is 4.06. The Balaban J connectivity index is 1.69. The van der Waals surface area contributed by atoms with Gasteiger partial charge in [0, 0.05) is 6.54 Å². The Morgan fingerprint density at radius 2 is 1.46 bits per heavy atom. The number of benzene rings is 2. The molecule has 24 heavy (non-hydrogen) atoms. The van der Waals surface area contributed by atoms with Crippen molar-refractivity contribution in [2.24, 2.45) is 0 Å². The van der Waals surface area contributed by atoms with E-state index in [-0.39, 0.29) is 0 Å². The van der Waals surface area contributed by atoms with E-state index in [2.05, 4.69) is 34.3 Å². The van der Waals surface area contributed by atoms with Crippen LogP contribution in [0.3, 0.4) is 0 Å². The summed E-state index contributed by atoms with van der Waals surface area (Å²) in [5.41, 5.74) is 3.22. The average molecular weight is 332 g/mol. The Morgan fingerprint density at radius 3 is 2.12 bits per heavy atom. The van der Waals surface area contributed by atoms with Gasteiger partial charge in [0.05, 0.1) is 24.5 Å². The number of rotatable bonds is 4. The van der Waals surface area contributed by atoms with E-state index in [9.17, 15) is 0 Å². The fourth-order valence-corrected chi connectivity index (χ4v) is 3.02. The van der Waals surface area contributed by atoms with Crippen LogP contribution in [0.4, 0.5) is 0 Å². The van der Waals surface area contributed by atoms with Gasteiger partial charge in [0.25, 0.3) is 0 Å². The van der Waals surface area contributed by atoms with Crippen molar-refractivity contribution < 1.29 is 0 Å². The van der Waals surface area contributed by atoms with Crippen LogP contribution in [0.15, 0.2) is 73.2 Å². The van der Waals surface area contributed by atoms with Crippen LogP contribution < -0.4 is 0 Å². The molecular formula is C19H16N4S. The molecule has 0 N–H and O–H groups in total. The maximum Gasteiger partial charge on any atom is 0.162 e. The van der Waals surface area contributed by atoms with Crippen LogP contribution in [0.1, 0.15) is 11.1 Å². The molecule has 2 aromatic heterocycles. The standard InChI is InChI=1S/C19H16N4S/c24-19-17-11-21-23(13-16-9-5-2-6-10-16)18(17)20-14-22(19)12-15-7-3-1-4-8-15/h1-11,14H,12-13H2. The van der Waals surface area contributed by atoms with Crippen molar-refractivity contribution in [3.63, 3.8) is 0 Å². The topological polar surface area (TPSA) is 35.6 Å². The number of hydrogen-bond donors (Lipinski definition) is 0. The molecule has 0 amide bonds. The minimum absolute atomic E-state index is 0.689. The molecule has 4 nitrogen and oxygen atoms in total. The molecule has 0 radical (unpaired) electrons. The Labute approximate surface area is 145 Å². The van der Waals surface area contributed by atoms with Gasteiger partial charge in [-0.1, -0.05) is 72.9 Å². The van der Waals surface area contributed by atoms with Crippen LogP contribution in [0.5, 0.6) is 0 Å². The van der Waals surface area contributed by atoms with Crippen LogP contribution in [-0.2, 0) is 13.1 Å². The molecule has 0 atom stereocenters. The molecule has 0 fully saturated rings. The minimum atomic E-state index is 0.689. The lowest BCUT2D eigenvalue weighted by Crippen LogP contribution is -2.06. The zero-order valence-corrected chi connectivity index (χ0v) is 13.9. The second-order valence-electron chi connectivity index (χ2n) is 5.69. The first-order valence-electron chi connectivity index (χ1n) is 7.80. The van der Waals surface area contributed by atoms with Gasteiger partial charge in [-0.15, -0.1) is 0 Å². The van der Waals surface area contributed by atoms with Gasteiger partial charge in [-0.2, -0.15) is 5.10 Å². The van der Waals surface area contributed by atoms with E-state index in [1.54, 1.807) is 6.33 Å². The second-order valence-corrected chi connectivity index (χ2v) is 6.08. The van der Waals surface area contributed by atoms with Gasteiger partial charge in [0.1, 0.15) is 4.64 Å². The summed E-state index contributed by atoms with van der Waals surface area (Å²) in [6, 6.07) is 20.5. The molecule has 0 saturated carbocycles. The summed E-state index contributed by atoms with van der Waals surface area (Å²) in [5.74, 6) is 0. The third-order valence-electron chi connectivity index (χ3n) is 3.99. The Hall–Kier alpha value is -2.79. The van der Waals surface area contributed by atoms with E-state index in [4.69, 9.17) is 12.2 Å². The first-order chi connectivity index (χ1) is 11.8. The lowest BCUT2D eigenvalue weighted by molar-refractivity contribution is 0.698. The van der Waals surface area contributed by atoms with Gasteiger partial charge >= 0.3 is 0 Å². The van der Waals surface area contributed by atoms with Gasteiger partial charge in [-0.05, 0) is 11.1 Å². The molecule has 4 aromatic rings. The number of aromatic nitrogens is 4. The first-order valence-corrected chi connectivity index (χ1v) is 8.21. The zero-order valence-electron chi connectivity index (χ0n) is 13.0. The maximum absolute atomic E-state index is 5.64. The van der Waals surface area contributed by atoms with Crippen molar-refractivity contribution in [2.45, 2.75) is 13.1 Å². The molecular weight excluding hydrogens is 316 g/mol. The van der Waals surface area contributed by atoms with Crippen molar-refractivity contribution >= 4 is 23.3 Å². The van der Waals surface area contributed by atoms with Gasteiger partial charge in [-0.25, -0.2) is 9.67 Å². The highest BCUT2D eigenvalue weighted by atomic mass is 32.1. The molecule has 0 aliphatic carbocycles. The number of hydrogen-bond acceptors (Lipinski definition) is 3. The van der Waals surface area contributed by atoms with E-state index in [0.29, 0.717) is 13.1 Å². The fraction of sp³-hybridized carbons (Fsp3) is 0.105. The van der Waals surface area contributed by atoms with Crippen molar-refractivity contribution in [2.75, 3.05) is 0 Å². The Morgan fingerprint density at radius 1 is 0.833 bits per heavy atom. The molecule has 0 saturated heterocycles. The highest BCUT2D eigenvalue weighted by Gasteiger charge is 2.08. The summed E-state index contributed by atoms with van der Waals surface area (Å²) >= 11 is 5.64. The second kappa shape index (κ2) is 6.37. The van der Waals surface area contributed by atoms with Gasteiger partial charge in [0.2, 0.25) is 0 Å². The summed E-state index contributed by atoms with van der Waals surface area (Å²) in [6.45, 7) is 1.40. The highest BCUT2D eigenvalue weighted by molar-refractivity contribution is 7.71. The Bertz CT molecular complexity index is 1020. The largest absolute Gasteiger partial charge is 0.318 e. The smallest absolute Gasteiger partial charge is 0.162 e. The lowest BCUT2D eigenvalue weighted by Gasteiger charge is -2.08. The van der Waals surface area contributed by atoms with Crippen LogP contribution in [0, 0.1) is 4.64 Å². The maximum atomic E-state index is 5.64. The number of nitrogens with zero attached hydrogens (tertiary/aromatic N) is 4. The quantitative estimate of drug-likeness (QED) is 0.529. The summed E-state index contributed by atoms with van der Waals surface area (Å²) in [7, 11) is 0. The van der Waals surface area contributed by atoms with Crippen LogP contribution >= 0.6 is 12.2 Å². The molecule has 0 aliphatic rings. The van der Waals surface area contributed by atoms with E-state index in [1.807, 2.05) is 51.8 Å². The molecule has 5 heteroatoms. The fourth-order valence-electron chi connectivity index (χ4n) is 2.76. The van der Waals surface area contributed by atoms with E-state index < -0.39 is 0 Å². The first kappa shape index (κ1) is 14.8. The zero-order chi connectivity index (χ0) is 16.4. The molecule has 118 valence electrons. The van der Waals surface area contributed by atoms with Gasteiger partial charge < -0.3 is 4.57 Å². The molecule has 0 bridgehead atoms. The van der Waals surface area contributed by atoms with Crippen LogP contribution in [0.25, 0.3) is 11.0 Å².